The van der Waals surface area contributed by atoms with Crippen LogP contribution in [0.5, 0.6) is 0 Å². The van der Waals surface area contributed by atoms with Crippen molar-refractivity contribution in [2.24, 2.45) is 0 Å². The molecular formula is C13H12BrFN4O3. The van der Waals surface area contributed by atoms with Crippen molar-refractivity contribution in [2.75, 3.05) is 0 Å². The molecule has 116 valence electrons. The summed E-state index contributed by atoms with van der Waals surface area (Å²) in [5.74, 6) is -0.841. The van der Waals surface area contributed by atoms with Crippen LogP contribution < -0.4 is 5.32 Å². The Labute approximate surface area is 133 Å². The van der Waals surface area contributed by atoms with Crippen LogP contribution >= 0.6 is 15.9 Å². The number of carbonyl (C=O) groups is 1. The Kier molecular flexibility index (Phi) is 5.21. The molecule has 9 heteroatoms. The third-order valence-electron chi connectivity index (χ3n) is 2.84. The first-order chi connectivity index (χ1) is 10.5. The Morgan fingerprint density at radius 2 is 2.09 bits per heavy atom. The first-order valence-electron chi connectivity index (χ1n) is 6.34. The predicted octanol–water partition coefficient (Wildman–Crippen LogP) is 2.40. The van der Waals surface area contributed by atoms with E-state index < -0.39 is 4.92 Å². The average Bonchev–Trinajstić information content (AvgIpc) is 2.86. The van der Waals surface area contributed by atoms with Crippen LogP contribution in [0.4, 0.5) is 10.2 Å². The number of hydrogen-bond donors (Lipinski definition) is 1. The predicted molar refractivity (Wildman–Crippen MR) is 79.4 cm³/mol. The minimum Gasteiger partial charge on any atom is -0.358 e. The van der Waals surface area contributed by atoms with E-state index in [2.05, 4.69) is 26.3 Å². The molecule has 0 aliphatic heterocycles. The second-order valence-corrected chi connectivity index (χ2v) is 5.33. The van der Waals surface area contributed by atoms with Crippen LogP contribution in [0.25, 0.3) is 0 Å². The van der Waals surface area contributed by atoms with Gasteiger partial charge in [0.05, 0.1) is 17.8 Å². The number of benzene rings is 1. The molecule has 0 unspecified atom stereocenters. The van der Waals surface area contributed by atoms with E-state index in [0.29, 0.717) is 6.54 Å². The molecule has 7 nitrogen and oxygen atoms in total. The van der Waals surface area contributed by atoms with Crippen molar-refractivity contribution < 1.29 is 14.1 Å². The SMILES string of the molecule is O=C(CCn1cc(Br)c([N+](=O)[O-])n1)NCc1ccc(F)cc1. The van der Waals surface area contributed by atoms with Gasteiger partial charge in [-0.05, 0) is 38.5 Å². The van der Waals surface area contributed by atoms with Crippen LogP contribution in [0.2, 0.25) is 0 Å². The van der Waals surface area contributed by atoms with Crippen molar-refractivity contribution in [1.29, 1.82) is 0 Å². The molecule has 0 radical (unpaired) electrons. The van der Waals surface area contributed by atoms with Gasteiger partial charge in [-0.25, -0.2) is 4.39 Å². The molecule has 0 spiro atoms. The maximum Gasteiger partial charge on any atom is 0.404 e. The number of nitrogens with zero attached hydrogens (tertiary/aromatic N) is 3. The highest BCUT2D eigenvalue weighted by molar-refractivity contribution is 9.10. The van der Waals surface area contributed by atoms with Crippen molar-refractivity contribution in [3.63, 3.8) is 0 Å². The Balaban J connectivity index is 1.81. The lowest BCUT2D eigenvalue weighted by Gasteiger charge is -2.04. The molecule has 1 amide bonds. The second kappa shape index (κ2) is 7.12. The van der Waals surface area contributed by atoms with Gasteiger partial charge in [0.1, 0.15) is 10.3 Å². The minimum absolute atomic E-state index is 0.131. The molecule has 0 aliphatic carbocycles. The van der Waals surface area contributed by atoms with E-state index in [1.165, 1.54) is 23.0 Å². The summed E-state index contributed by atoms with van der Waals surface area (Å²) >= 11 is 3.04. The van der Waals surface area contributed by atoms with Crippen LogP contribution in [-0.4, -0.2) is 20.6 Å². The summed E-state index contributed by atoms with van der Waals surface area (Å²) in [4.78, 5) is 21.8. The molecule has 0 saturated carbocycles. The lowest BCUT2D eigenvalue weighted by Crippen LogP contribution is -2.24. The number of aryl methyl sites for hydroxylation is 1. The first kappa shape index (κ1) is 16.1. The number of nitro groups is 1. The van der Waals surface area contributed by atoms with E-state index >= 15 is 0 Å². The van der Waals surface area contributed by atoms with Crippen LogP contribution in [0.1, 0.15) is 12.0 Å². The van der Waals surface area contributed by atoms with Gasteiger partial charge in [0.25, 0.3) is 0 Å². The topological polar surface area (TPSA) is 90.1 Å². The summed E-state index contributed by atoms with van der Waals surface area (Å²) in [5, 5.41) is 17.1. The lowest BCUT2D eigenvalue weighted by molar-refractivity contribution is -0.390. The van der Waals surface area contributed by atoms with Crippen LogP contribution in [0.15, 0.2) is 34.9 Å². The largest absolute Gasteiger partial charge is 0.404 e. The zero-order valence-electron chi connectivity index (χ0n) is 11.3. The maximum absolute atomic E-state index is 12.7. The number of halogens is 2. The third-order valence-corrected chi connectivity index (χ3v) is 3.40. The molecule has 0 saturated heterocycles. The second-order valence-electron chi connectivity index (χ2n) is 4.47. The fourth-order valence-electron chi connectivity index (χ4n) is 1.73. The molecule has 2 aromatic rings. The summed E-state index contributed by atoms with van der Waals surface area (Å²) in [6, 6.07) is 5.82. The molecule has 22 heavy (non-hydrogen) atoms. The summed E-state index contributed by atoms with van der Waals surface area (Å²) in [6.45, 7) is 0.518. The molecule has 1 N–H and O–H groups in total. The average molecular weight is 371 g/mol. The Bertz CT molecular complexity index is 687. The zero-order chi connectivity index (χ0) is 16.1. The molecule has 0 fully saturated rings. The number of rotatable bonds is 6. The van der Waals surface area contributed by atoms with Crippen molar-refractivity contribution in [3.05, 3.63) is 56.4 Å². The van der Waals surface area contributed by atoms with Gasteiger partial charge in [0, 0.05) is 13.0 Å². The van der Waals surface area contributed by atoms with E-state index in [1.54, 1.807) is 12.1 Å². The van der Waals surface area contributed by atoms with Crippen LogP contribution in [-0.2, 0) is 17.9 Å². The summed E-state index contributed by atoms with van der Waals surface area (Å²) in [6.07, 6.45) is 1.58. The Morgan fingerprint density at radius 1 is 1.41 bits per heavy atom. The fraction of sp³-hybridized carbons (Fsp3) is 0.231. The van der Waals surface area contributed by atoms with E-state index in [-0.39, 0.29) is 35.0 Å². The van der Waals surface area contributed by atoms with Gasteiger partial charge < -0.3 is 15.4 Å². The van der Waals surface area contributed by atoms with Gasteiger partial charge in [0.2, 0.25) is 5.91 Å². The number of amides is 1. The lowest BCUT2D eigenvalue weighted by atomic mass is 10.2. The van der Waals surface area contributed by atoms with Crippen molar-refractivity contribution in [2.45, 2.75) is 19.5 Å². The van der Waals surface area contributed by atoms with E-state index in [4.69, 9.17) is 0 Å². The number of nitrogens with one attached hydrogen (secondary N) is 1. The van der Waals surface area contributed by atoms with Gasteiger partial charge in [-0.1, -0.05) is 12.1 Å². The summed E-state index contributed by atoms with van der Waals surface area (Å²) in [5.41, 5.74) is 0.784. The van der Waals surface area contributed by atoms with Gasteiger partial charge >= 0.3 is 5.82 Å². The highest BCUT2D eigenvalue weighted by Crippen LogP contribution is 2.21. The highest BCUT2D eigenvalue weighted by atomic mass is 79.9. The normalized spacial score (nSPS) is 10.5. The molecule has 1 aromatic carbocycles. The van der Waals surface area contributed by atoms with E-state index in [9.17, 15) is 19.3 Å². The molecule has 1 heterocycles. The molecule has 0 bridgehead atoms. The summed E-state index contributed by atoms with van der Waals surface area (Å²) in [7, 11) is 0. The third kappa shape index (κ3) is 4.35. The molecular weight excluding hydrogens is 359 g/mol. The number of aromatic nitrogens is 2. The highest BCUT2D eigenvalue weighted by Gasteiger charge is 2.18. The van der Waals surface area contributed by atoms with Gasteiger partial charge in [-0.2, -0.15) is 4.68 Å². The standard InChI is InChI=1S/C13H12BrFN4O3/c14-11-8-18(17-13(11)19(21)22)6-5-12(20)16-7-9-1-3-10(15)4-2-9/h1-4,8H,5-7H2,(H,16,20). The molecule has 0 aliphatic rings. The first-order valence-corrected chi connectivity index (χ1v) is 7.13. The van der Waals surface area contributed by atoms with Crippen molar-refractivity contribution >= 4 is 27.7 Å². The van der Waals surface area contributed by atoms with E-state index in [0.717, 1.165) is 5.56 Å². The van der Waals surface area contributed by atoms with Gasteiger partial charge in [0.15, 0.2) is 0 Å². The molecule has 0 atom stereocenters. The van der Waals surface area contributed by atoms with Crippen molar-refractivity contribution in [3.8, 4) is 0 Å². The van der Waals surface area contributed by atoms with Gasteiger partial charge in [-0.15, -0.1) is 0 Å². The van der Waals surface area contributed by atoms with Crippen LogP contribution in [0, 0.1) is 15.9 Å². The Hall–Kier alpha value is -2.29. The quantitative estimate of drug-likeness (QED) is 0.624. The summed E-state index contributed by atoms with van der Waals surface area (Å²) < 4.78 is 14.3. The smallest absolute Gasteiger partial charge is 0.358 e. The Morgan fingerprint density at radius 3 is 2.68 bits per heavy atom. The number of carbonyl (C=O) groups excluding carboxylic acids is 1. The van der Waals surface area contributed by atoms with Crippen molar-refractivity contribution in [1.82, 2.24) is 15.1 Å². The molecule has 1 aromatic heterocycles. The van der Waals surface area contributed by atoms with E-state index in [1.807, 2.05) is 0 Å². The zero-order valence-corrected chi connectivity index (χ0v) is 12.9. The maximum atomic E-state index is 12.7. The minimum atomic E-state index is -0.602. The fourth-order valence-corrected chi connectivity index (χ4v) is 2.19. The van der Waals surface area contributed by atoms with Gasteiger partial charge in [-0.3, -0.25) is 4.79 Å². The molecule has 2 rings (SSSR count). The number of hydrogen-bond acceptors (Lipinski definition) is 4. The van der Waals surface area contributed by atoms with Crippen LogP contribution in [0.3, 0.4) is 0 Å². The monoisotopic (exact) mass is 370 g/mol.